The van der Waals surface area contributed by atoms with Crippen LogP contribution in [0.25, 0.3) is 0 Å². The largest absolute Gasteiger partial charge is 0.697 e. The smallest absolute Gasteiger partial charge is 0.396 e. The molecule has 0 saturated heterocycles. The number of hydrogen-bond donors (Lipinski definition) is 1. The zero-order chi connectivity index (χ0) is 22.8. The average molecular weight is 458 g/mol. The molecular formula is C26H34O5P+. The maximum atomic E-state index is 12.5. The molecule has 5 nitrogen and oxygen atoms in total. The van der Waals surface area contributed by atoms with Gasteiger partial charge in [0, 0.05) is 35.8 Å². The summed E-state index contributed by atoms with van der Waals surface area (Å²) >= 11 is 0. The molecule has 2 aromatic carbocycles. The summed E-state index contributed by atoms with van der Waals surface area (Å²) in [5.74, 6) is 0.137. The molecule has 1 aliphatic carbocycles. The lowest BCUT2D eigenvalue weighted by Crippen LogP contribution is -2.35. The predicted molar refractivity (Wildman–Crippen MR) is 126 cm³/mol. The molecule has 2 aromatic rings. The van der Waals surface area contributed by atoms with E-state index < -0.39 is 14.4 Å². The third kappa shape index (κ3) is 6.55. The summed E-state index contributed by atoms with van der Waals surface area (Å²) in [7, 11) is -2.30. The maximum Gasteiger partial charge on any atom is 0.697 e. The van der Waals surface area contributed by atoms with Crippen molar-refractivity contribution in [1.29, 1.82) is 0 Å². The van der Waals surface area contributed by atoms with Gasteiger partial charge in [-0.3, -0.25) is 4.79 Å². The van der Waals surface area contributed by atoms with Crippen molar-refractivity contribution in [3.8, 4) is 0 Å². The summed E-state index contributed by atoms with van der Waals surface area (Å²) in [6.45, 7) is 1.75. The number of hydrogen-bond acceptors (Lipinski definition) is 5. The highest BCUT2D eigenvalue weighted by molar-refractivity contribution is 7.33. The number of carbonyl (C=O) groups excluding carboxylic acids is 1. The molecule has 2 atom stereocenters. The quantitative estimate of drug-likeness (QED) is 0.389. The molecule has 1 N–H and O–H groups in total. The SMILES string of the molecule is CCC(=O)CCC(CCO)O[P+](=O)OC1CCC(c2ccccc2)(c2ccccc2)CC1. The maximum absolute atomic E-state index is 12.5. The Hall–Kier alpha value is -1.91. The lowest BCUT2D eigenvalue weighted by Gasteiger charge is -2.40. The Labute approximate surface area is 192 Å². The molecule has 0 spiro atoms. The van der Waals surface area contributed by atoms with Crippen molar-refractivity contribution in [3.05, 3.63) is 71.8 Å². The fourth-order valence-electron chi connectivity index (χ4n) is 4.61. The topological polar surface area (TPSA) is 72.8 Å². The van der Waals surface area contributed by atoms with Crippen LogP contribution in [-0.4, -0.2) is 29.7 Å². The average Bonchev–Trinajstić information content (AvgIpc) is 2.84. The molecule has 172 valence electrons. The summed E-state index contributed by atoms with van der Waals surface area (Å²) in [4.78, 5) is 11.6. The molecule has 1 fully saturated rings. The lowest BCUT2D eigenvalue weighted by molar-refractivity contribution is -0.119. The van der Waals surface area contributed by atoms with Crippen LogP contribution in [0.2, 0.25) is 0 Å². The number of aliphatic hydroxyl groups excluding tert-OH is 1. The Morgan fingerprint density at radius 2 is 1.59 bits per heavy atom. The molecule has 3 rings (SSSR count). The van der Waals surface area contributed by atoms with Gasteiger partial charge in [-0.2, -0.15) is 0 Å². The highest BCUT2D eigenvalue weighted by Crippen LogP contribution is 2.47. The number of rotatable bonds is 12. The predicted octanol–water partition coefficient (Wildman–Crippen LogP) is 6.12. The molecule has 2 unspecified atom stereocenters. The Morgan fingerprint density at radius 1 is 1.03 bits per heavy atom. The van der Waals surface area contributed by atoms with Crippen molar-refractivity contribution in [2.75, 3.05) is 6.61 Å². The van der Waals surface area contributed by atoms with Crippen molar-refractivity contribution in [1.82, 2.24) is 0 Å². The van der Waals surface area contributed by atoms with Gasteiger partial charge in [-0.15, -0.1) is 9.05 Å². The van der Waals surface area contributed by atoms with E-state index >= 15 is 0 Å². The van der Waals surface area contributed by atoms with E-state index in [2.05, 4.69) is 48.5 Å². The van der Waals surface area contributed by atoms with Crippen LogP contribution < -0.4 is 0 Å². The molecule has 32 heavy (non-hydrogen) atoms. The van der Waals surface area contributed by atoms with Gasteiger partial charge >= 0.3 is 8.25 Å². The van der Waals surface area contributed by atoms with E-state index in [-0.39, 0.29) is 23.9 Å². The molecule has 1 aliphatic rings. The Bertz CT molecular complexity index is 806. The fraction of sp³-hybridized carbons (Fsp3) is 0.500. The van der Waals surface area contributed by atoms with Crippen molar-refractivity contribution in [2.45, 2.75) is 75.9 Å². The number of aliphatic hydroxyl groups is 1. The second kappa shape index (κ2) is 12.4. The van der Waals surface area contributed by atoms with Crippen LogP contribution in [0.1, 0.15) is 69.4 Å². The van der Waals surface area contributed by atoms with E-state index in [1.807, 2.05) is 19.1 Å². The third-order valence-electron chi connectivity index (χ3n) is 6.50. The van der Waals surface area contributed by atoms with Crippen LogP contribution in [-0.2, 0) is 23.8 Å². The monoisotopic (exact) mass is 457 g/mol. The van der Waals surface area contributed by atoms with Crippen molar-refractivity contribution < 1.29 is 23.5 Å². The second-order valence-corrected chi connectivity index (χ2v) is 9.38. The minimum absolute atomic E-state index is 0.0746. The van der Waals surface area contributed by atoms with Gasteiger partial charge in [0.2, 0.25) is 0 Å². The normalized spacial score (nSPS) is 17.6. The molecule has 6 heteroatoms. The second-order valence-electron chi connectivity index (χ2n) is 8.51. The standard InChI is InChI=1S/C26H34O5P/c1-2-23(28)13-14-24(17-20-27)30-32(29)31-25-15-18-26(19-16-25,21-9-5-3-6-10-21)22-11-7-4-8-12-22/h3-12,24-25,27H,2,13-20H2,1H3/q+1. The number of benzene rings is 2. The van der Waals surface area contributed by atoms with Crippen LogP contribution in [0.15, 0.2) is 60.7 Å². The fourth-order valence-corrected chi connectivity index (χ4v) is 5.57. The number of Topliss-reactive ketones (excluding diaryl/α,β-unsaturated/α-hetero) is 1. The van der Waals surface area contributed by atoms with Gasteiger partial charge in [-0.05, 0) is 43.2 Å². The van der Waals surface area contributed by atoms with Crippen LogP contribution in [0.5, 0.6) is 0 Å². The van der Waals surface area contributed by atoms with Crippen molar-refractivity contribution in [2.24, 2.45) is 0 Å². The number of carbonyl (C=O) groups is 1. The highest BCUT2D eigenvalue weighted by atomic mass is 31.1. The molecule has 0 aromatic heterocycles. The molecule has 0 aliphatic heterocycles. The van der Waals surface area contributed by atoms with E-state index in [4.69, 9.17) is 9.05 Å². The first-order valence-corrected chi connectivity index (χ1v) is 12.7. The van der Waals surface area contributed by atoms with Crippen LogP contribution in [0.4, 0.5) is 0 Å². The summed E-state index contributed by atoms with van der Waals surface area (Å²) in [5.41, 5.74) is 2.53. The van der Waals surface area contributed by atoms with Gasteiger partial charge in [-0.25, -0.2) is 0 Å². The molecular weight excluding hydrogens is 423 g/mol. The summed E-state index contributed by atoms with van der Waals surface area (Å²) < 4.78 is 23.9. The highest BCUT2D eigenvalue weighted by Gasteiger charge is 2.42. The molecule has 0 radical (unpaired) electrons. The van der Waals surface area contributed by atoms with E-state index in [9.17, 15) is 14.5 Å². The third-order valence-corrected chi connectivity index (χ3v) is 7.44. The van der Waals surface area contributed by atoms with E-state index in [1.54, 1.807) is 0 Å². The summed E-state index contributed by atoms with van der Waals surface area (Å²) in [6.07, 6.45) is 4.44. The van der Waals surface area contributed by atoms with Gasteiger partial charge in [0.05, 0.1) is 0 Å². The summed E-state index contributed by atoms with van der Waals surface area (Å²) in [5, 5.41) is 9.27. The van der Waals surface area contributed by atoms with Gasteiger partial charge in [0.1, 0.15) is 18.0 Å². The number of ketones is 1. The van der Waals surface area contributed by atoms with Crippen LogP contribution in [0, 0.1) is 0 Å². The molecule has 0 amide bonds. The Morgan fingerprint density at radius 3 is 2.09 bits per heavy atom. The van der Waals surface area contributed by atoms with E-state index in [1.165, 1.54) is 11.1 Å². The first-order valence-electron chi connectivity index (χ1n) is 11.6. The van der Waals surface area contributed by atoms with Gasteiger partial charge in [0.25, 0.3) is 0 Å². The zero-order valence-corrected chi connectivity index (χ0v) is 19.7. The zero-order valence-electron chi connectivity index (χ0n) is 18.8. The van der Waals surface area contributed by atoms with E-state index in [0.29, 0.717) is 25.7 Å². The molecule has 1 saturated carbocycles. The Balaban J connectivity index is 1.61. The van der Waals surface area contributed by atoms with Crippen LogP contribution in [0.3, 0.4) is 0 Å². The van der Waals surface area contributed by atoms with Crippen molar-refractivity contribution >= 4 is 14.0 Å². The summed E-state index contributed by atoms with van der Waals surface area (Å²) in [6, 6.07) is 21.2. The van der Waals surface area contributed by atoms with Gasteiger partial charge in [-0.1, -0.05) is 67.6 Å². The van der Waals surface area contributed by atoms with E-state index in [0.717, 1.165) is 25.7 Å². The van der Waals surface area contributed by atoms with Crippen molar-refractivity contribution in [3.63, 3.8) is 0 Å². The first kappa shape index (κ1) is 24.7. The van der Waals surface area contributed by atoms with Gasteiger partial charge in [0.15, 0.2) is 0 Å². The van der Waals surface area contributed by atoms with Gasteiger partial charge < -0.3 is 5.11 Å². The Kier molecular flexibility index (Phi) is 9.55. The molecule has 0 heterocycles. The lowest BCUT2D eigenvalue weighted by atomic mass is 9.65. The minimum atomic E-state index is -2.30. The molecule has 0 bridgehead atoms. The first-order chi connectivity index (χ1) is 15.6. The van der Waals surface area contributed by atoms with Crippen LogP contribution >= 0.6 is 8.25 Å². The minimum Gasteiger partial charge on any atom is -0.396 e.